The van der Waals surface area contributed by atoms with Gasteiger partial charge in [-0.2, -0.15) is 0 Å². The maximum atomic E-state index is 6.96. The standard InChI is InChI=1S/C42H33BN2O2/c1-27-24-25-33(31-20-10-9-19-30(27)31)36-32-21-11-12-22-34(32)37(35-23-13-14-26-42(35,36)2)43-46-40-38(28-15-5-3-6-16-28)44-45-39(41(40)47-43)29-17-7-4-8-18-29/h3,5-7,9-26,36H,4,8H2,1-2H3. The van der Waals surface area contributed by atoms with Crippen molar-refractivity contribution >= 4 is 28.9 Å². The monoisotopic (exact) mass is 608 g/mol. The Hall–Kier alpha value is -5.42. The van der Waals surface area contributed by atoms with Crippen molar-refractivity contribution in [3.63, 3.8) is 0 Å². The van der Waals surface area contributed by atoms with Crippen molar-refractivity contribution in [3.05, 3.63) is 167 Å². The van der Waals surface area contributed by atoms with Crippen LogP contribution in [0.25, 0.3) is 33.1 Å². The van der Waals surface area contributed by atoms with Crippen LogP contribution in [0.15, 0.2) is 139 Å². The molecule has 47 heavy (non-hydrogen) atoms. The number of aromatic nitrogens is 2. The zero-order chi connectivity index (χ0) is 31.5. The molecule has 9 rings (SSSR count). The molecule has 0 saturated heterocycles. The van der Waals surface area contributed by atoms with E-state index in [-0.39, 0.29) is 11.3 Å². The molecular formula is C42H33BN2O2. The molecule has 0 bridgehead atoms. The number of benzene rings is 4. The zero-order valence-electron chi connectivity index (χ0n) is 26.5. The Morgan fingerprint density at radius 3 is 2.30 bits per heavy atom. The SMILES string of the molecule is Cc1ccc(C2c3ccccc3C(B3Oc4c(C5=CCCC=C5)nnc(-c5ccccc5)c4O3)=C3C=CC=CC32C)c2ccccc12. The number of hydrogen-bond donors (Lipinski definition) is 0. The molecule has 0 fully saturated rings. The van der Waals surface area contributed by atoms with Gasteiger partial charge in [-0.25, -0.2) is 0 Å². The molecule has 0 spiro atoms. The summed E-state index contributed by atoms with van der Waals surface area (Å²) in [6, 6.07) is 32.3. The quantitative estimate of drug-likeness (QED) is 0.191. The van der Waals surface area contributed by atoms with E-state index in [1.165, 1.54) is 33.0 Å². The number of fused-ring (bicyclic) bond motifs is 4. The molecule has 3 aliphatic carbocycles. The molecule has 1 aliphatic heterocycles. The smallest absolute Gasteiger partial charge is 0.518 e. The minimum atomic E-state index is -0.673. The van der Waals surface area contributed by atoms with E-state index in [9.17, 15) is 0 Å². The van der Waals surface area contributed by atoms with Gasteiger partial charge in [0.25, 0.3) is 0 Å². The molecule has 1 aromatic heterocycles. The van der Waals surface area contributed by atoms with E-state index in [2.05, 4.69) is 117 Å². The van der Waals surface area contributed by atoms with E-state index in [1.54, 1.807) is 0 Å². The summed E-state index contributed by atoms with van der Waals surface area (Å²) in [7, 11) is -0.673. The average Bonchev–Trinajstić information content (AvgIpc) is 3.56. The lowest BCUT2D eigenvalue weighted by molar-refractivity contribution is 0.447. The van der Waals surface area contributed by atoms with Crippen molar-refractivity contribution in [2.75, 3.05) is 0 Å². The van der Waals surface area contributed by atoms with Gasteiger partial charge in [0.15, 0.2) is 11.5 Å². The molecule has 4 nitrogen and oxygen atoms in total. The third-order valence-electron chi connectivity index (χ3n) is 10.2. The Morgan fingerprint density at radius 1 is 0.723 bits per heavy atom. The van der Waals surface area contributed by atoms with Gasteiger partial charge in [0.05, 0.1) is 0 Å². The predicted octanol–water partition coefficient (Wildman–Crippen LogP) is 9.87. The van der Waals surface area contributed by atoms with Crippen LogP contribution in [-0.2, 0) is 0 Å². The number of hydrogen-bond acceptors (Lipinski definition) is 4. The van der Waals surface area contributed by atoms with Crippen molar-refractivity contribution in [2.24, 2.45) is 5.41 Å². The van der Waals surface area contributed by atoms with Crippen LogP contribution >= 0.6 is 0 Å². The first-order valence-electron chi connectivity index (χ1n) is 16.5. The minimum Gasteiger partial charge on any atom is -0.518 e. The van der Waals surface area contributed by atoms with Crippen molar-refractivity contribution in [1.82, 2.24) is 10.2 Å². The van der Waals surface area contributed by atoms with E-state index >= 15 is 0 Å². The van der Waals surface area contributed by atoms with Crippen molar-refractivity contribution in [1.29, 1.82) is 0 Å². The van der Waals surface area contributed by atoms with Crippen molar-refractivity contribution < 1.29 is 9.31 Å². The van der Waals surface area contributed by atoms with E-state index in [0.717, 1.165) is 40.7 Å². The summed E-state index contributed by atoms with van der Waals surface area (Å²) in [5.74, 6) is 1.38. The molecule has 4 aliphatic rings. The number of rotatable bonds is 4. The number of nitrogens with zero attached hydrogens (tertiary/aromatic N) is 2. The van der Waals surface area contributed by atoms with Crippen LogP contribution in [0.3, 0.4) is 0 Å². The van der Waals surface area contributed by atoms with Gasteiger partial charge < -0.3 is 9.31 Å². The Bertz CT molecular complexity index is 2250. The fraction of sp³-hybridized carbons (Fsp3) is 0.143. The maximum absolute atomic E-state index is 6.96. The molecular weight excluding hydrogens is 575 g/mol. The largest absolute Gasteiger partial charge is 0.633 e. The normalized spacial score (nSPS) is 20.8. The summed E-state index contributed by atoms with van der Waals surface area (Å²) >= 11 is 0. The zero-order valence-corrected chi connectivity index (χ0v) is 26.5. The molecule has 4 aromatic carbocycles. The lowest BCUT2D eigenvalue weighted by Crippen LogP contribution is -2.38. The van der Waals surface area contributed by atoms with E-state index in [0.29, 0.717) is 17.2 Å². The van der Waals surface area contributed by atoms with Crippen molar-refractivity contribution in [2.45, 2.75) is 32.6 Å². The van der Waals surface area contributed by atoms with Crippen LogP contribution in [0.1, 0.15) is 53.6 Å². The lowest BCUT2D eigenvalue weighted by atomic mass is 9.53. The molecule has 2 heterocycles. The molecule has 2 unspecified atom stereocenters. The second kappa shape index (κ2) is 10.8. The van der Waals surface area contributed by atoms with Gasteiger partial charge in [0, 0.05) is 27.9 Å². The Morgan fingerprint density at radius 2 is 1.47 bits per heavy atom. The number of allylic oxidation sites excluding steroid dienone is 9. The van der Waals surface area contributed by atoms with E-state index < -0.39 is 7.12 Å². The molecule has 0 radical (unpaired) electrons. The Balaban J connectivity index is 1.25. The Labute approximate surface area is 275 Å². The lowest BCUT2D eigenvalue weighted by Gasteiger charge is -2.45. The fourth-order valence-corrected chi connectivity index (χ4v) is 7.98. The maximum Gasteiger partial charge on any atom is 0.633 e. The highest BCUT2D eigenvalue weighted by Crippen LogP contribution is 2.58. The highest BCUT2D eigenvalue weighted by molar-refractivity contribution is 6.71. The van der Waals surface area contributed by atoms with Crippen molar-refractivity contribution in [3.8, 4) is 22.8 Å². The van der Waals surface area contributed by atoms with Crippen LogP contribution in [0.4, 0.5) is 0 Å². The van der Waals surface area contributed by atoms with Gasteiger partial charge in [0.1, 0.15) is 11.4 Å². The van der Waals surface area contributed by atoms with Crippen LogP contribution in [0.5, 0.6) is 11.5 Å². The van der Waals surface area contributed by atoms with E-state index in [1.807, 2.05) is 30.3 Å². The summed E-state index contributed by atoms with van der Waals surface area (Å²) in [6.45, 7) is 4.56. The Kier molecular flexibility index (Phi) is 6.43. The molecule has 5 aromatic rings. The summed E-state index contributed by atoms with van der Waals surface area (Å²) in [5, 5.41) is 12.1. The third kappa shape index (κ3) is 4.30. The van der Waals surface area contributed by atoms with E-state index in [4.69, 9.17) is 19.5 Å². The first-order chi connectivity index (χ1) is 23.1. The van der Waals surface area contributed by atoms with Crippen LogP contribution in [0, 0.1) is 12.3 Å². The van der Waals surface area contributed by atoms with Gasteiger partial charge in [-0.15, -0.1) is 10.2 Å². The van der Waals surface area contributed by atoms with Gasteiger partial charge in [-0.1, -0.05) is 140 Å². The average molecular weight is 609 g/mol. The highest BCUT2D eigenvalue weighted by atomic mass is 16.6. The molecule has 0 amide bonds. The second-order valence-electron chi connectivity index (χ2n) is 13.0. The summed E-state index contributed by atoms with van der Waals surface area (Å²) in [4.78, 5) is 0. The summed E-state index contributed by atoms with van der Waals surface area (Å²) < 4.78 is 13.9. The second-order valence-corrected chi connectivity index (χ2v) is 13.0. The minimum absolute atomic E-state index is 0.0873. The van der Waals surface area contributed by atoms with Crippen LogP contribution in [0.2, 0.25) is 0 Å². The van der Waals surface area contributed by atoms with Gasteiger partial charge in [0.2, 0.25) is 0 Å². The van der Waals surface area contributed by atoms with Crippen LogP contribution in [-0.4, -0.2) is 17.3 Å². The van der Waals surface area contributed by atoms with Gasteiger partial charge in [-0.3, -0.25) is 0 Å². The highest BCUT2D eigenvalue weighted by Gasteiger charge is 2.51. The molecule has 2 atom stereocenters. The predicted molar refractivity (Wildman–Crippen MR) is 191 cm³/mol. The van der Waals surface area contributed by atoms with Crippen LogP contribution < -0.4 is 9.31 Å². The summed E-state index contributed by atoms with van der Waals surface area (Å²) in [6.07, 6.45) is 17.4. The molecule has 0 N–H and O–H groups in total. The number of aryl methyl sites for hydroxylation is 1. The fourth-order valence-electron chi connectivity index (χ4n) is 7.98. The van der Waals surface area contributed by atoms with Gasteiger partial charge >= 0.3 is 7.12 Å². The summed E-state index contributed by atoms with van der Waals surface area (Å²) in [5.41, 5.74) is 10.3. The third-order valence-corrected chi connectivity index (χ3v) is 10.2. The first-order valence-corrected chi connectivity index (χ1v) is 16.5. The molecule has 0 saturated carbocycles. The topological polar surface area (TPSA) is 44.2 Å². The van der Waals surface area contributed by atoms with Gasteiger partial charge in [-0.05, 0) is 58.4 Å². The molecule has 5 heteroatoms. The first kappa shape index (κ1) is 27.9. The molecule has 226 valence electrons.